The number of nitrogens with zero attached hydrogens (tertiary/aromatic N) is 1. The number of carbonyl (C=O) groups is 1. The first kappa shape index (κ1) is 13.0. The van der Waals surface area contributed by atoms with E-state index in [0.29, 0.717) is 6.54 Å². The van der Waals surface area contributed by atoms with Gasteiger partial charge in [-0.15, -0.1) is 0 Å². The Kier molecular flexibility index (Phi) is 4.89. The van der Waals surface area contributed by atoms with Gasteiger partial charge in [0.1, 0.15) is 6.61 Å². The molecular weight excluding hydrogens is 242 g/mol. The quantitative estimate of drug-likeness (QED) is 0.804. The molecule has 0 atom stereocenters. The molecule has 1 aromatic carbocycles. The lowest BCUT2D eigenvalue weighted by molar-refractivity contribution is 0.134. The number of rotatable bonds is 5. The molecule has 19 heavy (non-hydrogen) atoms. The van der Waals surface area contributed by atoms with Gasteiger partial charge in [-0.05, 0) is 17.2 Å². The van der Waals surface area contributed by atoms with Crippen molar-refractivity contribution in [2.24, 2.45) is 0 Å². The maximum Gasteiger partial charge on any atom is 0.421 e. The van der Waals surface area contributed by atoms with Crippen molar-refractivity contribution >= 4 is 6.09 Å². The van der Waals surface area contributed by atoms with Gasteiger partial charge in [0.05, 0.1) is 0 Å². The summed E-state index contributed by atoms with van der Waals surface area (Å²) in [7, 11) is 0. The minimum absolute atomic E-state index is 0.251. The summed E-state index contributed by atoms with van der Waals surface area (Å²) in [6.45, 7) is 0.746. The Balaban J connectivity index is 1.65. The highest BCUT2D eigenvalue weighted by molar-refractivity contribution is 5.66. The molecule has 2 N–H and O–H groups in total. The summed E-state index contributed by atoms with van der Waals surface area (Å²) >= 11 is 0. The number of carbonyl (C=O) groups excluding carboxylic acids is 1. The molecule has 2 rings (SSSR count). The van der Waals surface area contributed by atoms with E-state index in [4.69, 9.17) is 4.74 Å². The maximum absolute atomic E-state index is 11.4. The smallest absolute Gasteiger partial charge is 0.421 e. The van der Waals surface area contributed by atoms with E-state index in [0.717, 1.165) is 11.1 Å². The fraction of sp³-hybridized carbons (Fsp3) is 0.143. The van der Waals surface area contributed by atoms with Crippen LogP contribution in [0, 0.1) is 0 Å². The molecule has 5 nitrogen and oxygen atoms in total. The van der Waals surface area contributed by atoms with E-state index in [1.54, 1.807) is 12.4 Å². The van der Waals surface area contributed by atoms with E-state index in [1.165, 1.54) is 0 Å². The summed E-state index contributed by atoms with van der Waals surface area (Å²) < 4.78 is 5.04. The maximum atomic E-state index is 11.4. The van der Waals surface area contributed by atoms with Crippen LogP contribution in [-0.2, 0) is 17.9 Å². The number of hydrazine groups is 1. The van der Waals surface area contributed by atoms with Crippen LogP contribution >= 0.6 is 0 Å². The van der Waals surface area contributed by atoms with Crippen molar-refractivity contribution in [3.63, 3.8) is 0 Å². The molecule has 1 aromatic heterocycles. The molecule has 0 saturated heterocycles. The number of hydrogen-bond acceptors (Lipinski definition) is 4. The molecule has 0 radical (unpaired) electrons. The molecule has 0 spiro atoms. The highest BCUT2D eigenvalue weighted by Crippen LogP contribution is 2.00. The summed E-state index contributed by atoms with van der Waals surface area (Å²) in [5, 5.41) is 0. The number of benzene rings is 1. The monoisotopic (exact) mass is 257 g/mol. The zero-order valence-corrected chi connectivity index (χ0v) is 10.4. The van der Waals surface area contributed by atoms with Gasteiger partial charge in [0.2, 0.25) is 0 Å². The molecule has 0 saturated carbocycles. The van der Waals surface area contributed by atoms with Gasteiger partial charge in [0.25, 0.3) is 0 Å². The zero-order chi connectivity index (χ0) is 13.3. The third-order valence-corrected chi connectivity index (χ3v) is 2.42. The van der Waals surface area contributed by atoms with Gasteiger partial charge in [0.15, 0.2) is 0 Å². The van der Waals surface area contributed by atoms with Crippen LogP contribution in [0.2, 0.25) is 0 Å². The molecule has 1 heterocycles. The van der Waals surface area contributed by atoms with Gasteiger partial charge < -0.3 is 4.74 Å². The van der Waals surface area contributed by atoms with Crippen molar-refractivity contribution in [1.82, 2.24) is 15.8 Å². The molecule has 0 aliphatic rings. The third kappa shape index (κ3) is 4.77. The van der Waals surface area contributed by atoms with Crippen molar-refractivity contribution in [3.05, 3.63) is 66.0 Å². The first-order chi connectivity index (χ1) is 9.34. The Morgan fingerprint density at radius 1 is 1.11 bits per heavy atom. The lowest BCUT2D eigenvalue weighted by Gasteiger charge is -2.08. The standard InChI is InChI=1S/C14H15N3O2/c18-14(19-11-12-5-2-1-3-6-12)17-16-10-13-7-4-8-15-9-13/h1-9,16H,10-11H2,(H,17,18). The summed E-state index contributed by atoms with van der Waals surface area (Å²) in [5.74, 6) is 0. The number of amides is 1. The van der Waals surface area contributed by atoms with Crippen molar-refractivity contribution in [3.8, 4) is 0 Å². The van der Waals surface area contributed by atoms with Crippen LogP contribution in [0.4, 0.5) is 4.79 Å². The molecule has 5 heteroatoms. The average molecular weight is 257 g/mol. The van der Waals surface area contributed by atoms with E-state index >= 15 is 0 Å². The lowest BCUT2D eigenvalue weighted by Crippen LogP contribution is -2.37. The first-order valence-corrected chi connectivity index (χ1v) is 5.93. The molecule has 2 aromatic rings. The zero-order valence-electron chi connectivity index (χ0n) is 10.4. The van der Waals surface area contributed by atoms with Crippen molar-refractivity contribution in [1.29, 1.82) is 0 Å². The van der Waals surface area contributed by atoms with Crippen LogP contribution < -0.4 is 10.9 Å². The number of aromatic nitrogens is 1. The SMILES string of the molecule is O=C(NNCc1cccnc1)OCc1ccccc1. The Bertz CT molecular complexity index is 503. The van der Waals surface area contributed by atoms with Gasteiger partial charge in [0, 0.05) is 18.9 Å². The summed E-state index contributed by atoms with van der Waals surface area (Å²) in [5.41, 5.74) is 7.16. The van der Waals surface area contributed by atoms with Gasteiger partial charge in [-0.2, -0.15) is 0 Å². The second-order valence-electron chi connectivity index (χ2n) is 3.90. The fourth-order valence-corrected chi connectivity index (χ4v) is 1.48. The normalized spacial score (nSPS) is 9.89. The Labute approximate surface area is 111 Å². The van der Waals surface area contributed by atoms with E-state index in [-0.39, 0.29) is 6.61 Å². The number of ether oxygens (including phenoxy) is 1. The van der Waals surface area contributed by atoms with Crippen LogP contribution in [0.1, 0.15) is 11.1 Å². The van der Waals surface area contributed by atoms with E-state index in [1.807, 2.05) is 42.5 Å². The van der Waals surface area contributed by atoms with Gasteiger partial charge >= 0.3 is 6.09 Å². The second-order valence-corrected chi connectivity index (χ2v) is 3.90. The third-order valence-electron chi connectivity index (χ3n) is 2.42. The topological polar surface area (TPSA) is 63.2 Å². The van der Waals surface area contributed by atoms with Crippen LogP contribution in [0.5, 0.6) is 0 Å². The Morgan fingerprint density at radius 3 is 2.63 bits per heavy atom. The molecular formula is C14H15N3O2. The predicted octanol–water partition coefficient (Wildman–Crippen LogP) is 2.01. The lowest BCUT2D eigenvalue weighted by atomic mass is 10.2. The van der Waals surface area contributed by atoms with Gasteiger partial charge in [-0.25, -0.2) is 10.2 Å². The Hall–Kier alpha value is -2.40. The molecule has 0 aliphatic heterocycles. The van der Waals surface area contributed by atoms with E-state index < -0.39 is 6.09 Å². The van der Waals surface area contributed by atoms with E-state index in [2.05, 4.69) is 15.8 Å². The molecule has 0 fully saturated rings. The minimum Gasteiger partial charge on any atom is -0.444 e. The van der Waals surface area contributed by atoms with Crippen LogP contribution in [0.15, 0.2) is 54.9 Å². The molecule has 0 bridgehead atoms. The van der Waals surface area contributed by atoms with Crippen molar-refractivity contribution in [2.45, 2.75) is 13.2 Å². The molecule has 1 amide bonds. The summed E-state index contributed by atoms with van der Waals surface area (Å²) in [6.07, 6.45) is 2.92. The molecule has 0 aliphatic carbocycles. The van der Waals surface area contributed by atoms with Crippen LogP contribution in [-0.4, -0.2) is 11.1 Å². The fourth-order valence-electron chi connectivity index (χ4n) is 1.48. The van der Waals surface area contributed by atoms with E-state index in [9.17, 15) is 4.79 Å². The number of pyridine rings is 1. The summed E-state index contributed by atoms with van der Waals surface area (Å²) in [6, 6.07) is 13.3. The highest BCUT2D eigenvalue weighted by Gasteiger charge is 2.01. The van der Waals surface area contributed by atoms with Crippen LogP contribution in [0.3, 0.4) is 0 Å². The number of nitrogens with one attached hydrogen (secondary N) is 2. The largest absolute Gasteiger partial charge is 0.444 e. The summed E-state index contributed by atoms with van der Waals surface area (Å²) in [4.78, 5) is 15.4. The van der Waals surface area contributed by atoms with Gasteiger partial charge in [-0.1, -0.05) is 36.4 Å². The second kappa shape index (κ2) is 7.13. The highest BCUT2D eigenvalue weighted by atomic mass is 16.6. The average Bonchev–Trinajstić information content (AvgIpc) is 2.47. The van der Waals surface area contributed by atoms with Crippen LogP contribution in [0.25, 0.3) is 0 Å². The Morgan fingerprint density at radius 2 is 1.89 bits per heavy atom. The number of hydrogen-bond donors (Lipinski definition) is 2. The van der Waals surface area contributed by atoms with Crippen molar-refractivity contribution in [2.75, 3.05) is 0 Å². The predicted molar refractivity (Wildman–Crippen MR) is 70.8 cm³/mol. The van der Waals surface area contributed by atoms with Crippen molar-refractivity contribution < 1.29 is 9.53 Å². The molecule has 98 valence electrons. The molecule has 0 unspecified atom stereocenters. The van der Waals surface area contributed by atoms with Gasteiger partial charge in [-0.3, -0.25) is 10.4 Å². The first-order valence-electron chi connectivity index (χ1n) is 5.93. The minimum atomic E-state index is -0.507.